The summed E-state index contributed by atoms with van der Waals surface area (Å²) >= 11 is 6.80. The van der Waals surface area contributed by atoms with E-state index in [1.165, 1.54) is 5.56 Å². The number of hydrogen-bond acceptors (Lipinski definition) is 0. The lowest BCUT2D eigenvalue weighted by Crippen LogP contribution is -2.11. The number of rotatable bonds is 3. The number of hydrogen-bond donors (Lipinski definition) is 0. The van der Waals surface area contributed by atoms with Gasteiger partial charge in [-0.1, -0.05) is 50.3 Å². The second-order valence-electron chi connectivity index (χ2n) is 4.08. The summed E-state index contributed by atoms with van der Waals surface area (Å²) in [5.74, 6) is 0. The lowest BCUT2D eigenvalue weighted by molar-refractivity contribution is 0.478. The molecule has 0 nitrogen and oxygen atoms in total. The van der Waals surface area contributed by atoms with Crippen molar-refractivity contribution in [3.63, 3.8) is 0 Å². The molecule has 1 rings (SSSR count). The average molecular weight is 318 g/mol. The van der Waals surface area contributed by atoms with Gasteiger partial charge in [0.1, 0.15) is 0 Å². The highest BCUT2D eigenvalue weighted by Crippen LogP contribution is 2.28. The molecule has 76 valence electrons. The monoisotopic (exact) mass is 316 g/mol. The van der Waals surface area contributed by atoms with Crippen LogP contribution in [0.25, 0.3) is 0 Å². The molecule has 0 atom stereocenters. The molecule has 14 heavy (non-hydrogen) atoms. The van der Waals surface area contributed by atoms with Crippen molar-refractivity contribution in [2.24, 2.45) is 5.41 Å². The Bertz CT molecular complexity index is 308. The SMILES string of the molecule is CC(C)(C=C(Br)Br)Cc1ccccc1. The van der Waals surface area contributed by atoms with Gasteiger partial charge in [0.2, 0.25) is 0 Å². The third kappa shape index (κ3) is 4.43. The van der Waals surface area contributed by atoms with Crippen molar-refractivity contribution in [3.05, 3.63) is 45.4 Å². The molecule has 0 aliphatic carbocycles. The van der Waals surface area contributed by atoms with Gasteiger partial charge in [-0.15, -0.1) is 0 Å². The van der Waals surface area contributed by atoms with Crippen LogP contribution in [0.5, 0.6) is 0 Å². The predicted octanol–water partition coefficient (Wildman–Crippen LogP) is 4.89. The van der Waals surface area contributed by atoms with Crippen LogP contribution in [0.1, 0.15) is 19.4 Å². The van der Waals surface area contributed by atoms with Crippen LogP contribution in [0.3, 0.4) is 0 Å². The normalized spacial score (nSPS) is 11.1. The van der Waals surface area contributed by atoms with Crippen LogP contribution in [0, 0.1) is 5.41 Å². The van der Waals surface area contributed by atoms with E-state index in [1.54, 1.807) is 0 Å². The van der Waals surface area contributed by atoms with E-state index in [0.29, 0.717) is 0 Å². The first kappa shape index (κ1) is 12.0. The van der Waals surface area contributed by atoms with E-state index in [9.17, 15) is 0 Å². The maximum atomic E-state index is 3.40. The van der Waals surface area contributed by atoms with Crippen molar-refractivity contribution >= 4 is 31.9 Å². The Kier molecular flexibility index (Phi) is 4.39. The molecule has 0 N–H and O–H groups in total. The molecule has 1 aromatic rings. The largest absolute Gasteiger partial charge is 0.0622 e. The smallest absolute Gasteiger partial charge is 0.0569 e. The number of allylic oxidation sites excluding steroid dienone is 1. The van der Waals surface area contributed by atoms with Crippen molar-refractivity contribution in [2.75, 3.05) is 0 Å². The van der Waals surface area contributed by atoms with Crippen molar-refractivity contribution in [2.45, 2.75) is 20.3 Å². The summed E-state index contributed by atoms with van der Waals surface area (Å²) in [6.45, 7) is 4.45. The van der Waals surface area contributed by atoms with Gasteiger partial charge in [0.05, 0.1) is 3.39 Å². The first-order valence-corrected chi connectivity index (χ1v) is 6.16. The molecule has 1 aromatic carbocycles. The first-order valence-electron chi connectivity index (χ1n) is 4.57. The van der Waals surface area contributed by atoms with Crippen molar-refractivity contribution < 1.29 is 0 Å². The first-order chi connectivity index (χ1) is 6.49. The zero-order valence-electron chi connectivity index (χ0n) is 8.43. The molecule has 0 amide bonds. The van der Waals surface area contributed by atoms with E-state index in [1.807, 2.05) is 6.07 Å². The van der Waals surface area contributed by atoms with Crippen LogP contribution in [0.15, 0.2) is 39.8 Å². The summed E-state index contributed by atoms with van der Waals surface area (Å²) in [5.41, 5.74) is 1.54. The second kappa shape index (κ2) is 5.13. The van der Waals surface area contributed by atoms with Crippen molar-refractivity contribution in [1.29, 1.82) is 0 Å². The molecule has 2 heteroatoms. The second-order valence-corrected chi connectivity index (χ2v) is 6.86. The molecule has 0 unspecified atom stereocenters. The van der Waals surface area contributed by atoms with E-state index in [2.05, 4.69) is 76.0 Å². The summed E-state index contributed by atoms with van der Waals surface area (Å²) in [4.78, 5) is 0. The maximum Gasteiger partial charge on any atom is 0.0569 e. The Morgan fingerprint density at radius 1 is 1.21 bits per heavy atom. The van der Waals surface area contributed by atoms with Crippen LogP contribution in [-0.2, 0) is 6.42 Å². The Morgan fingerprint density at radius 2 is 1.79 bits per heavy atom. The van der Waals surface area contributed by atoms with Crippen LogP contribution in [-0.4, -0.2) is 0 Å². The van der Waals surface area contributed by atoms with Gasteiger partial charge in [-0.05, 0) is 49.3 Å². The topological polar surface area (TPSA) is 0 Å². The molecular weight excluding hydrogens is 304 g/mol. The zero-order valence-corrected chi connectivity index (χ0v) is 11.6. The van der Waals surface area contributed by atoms with Gasteiger partial charge in [-0.25, -0.2) is 0 Å². The van der Waals surface area contributed by atoms with E-state index in [0.717, 1.165) is 9.81 Å². The highest BCUT2D eigenvalue weighted by molar-refractivity contribution is 9.28. The molecule has 0 fully saturated rings. The van der Waals surface area contributed by atoms with Gasteiger partial charge in [-0.2, -0.15) is 0 Å². The van der Waals surface area contributed by atoms with Crippen LogP contribution < -0.4 is 0 Å². The van der Waals surface area contributed by atoms with E-state index in [-0.39, 0.29) is 5.41 Å². The standard InChI is InChI=1S/C12H14Br2/c1-12(2,9-11(13)14)8-10-6-4-3-5-7-10/h3-7,9H,8H2,1-2H3. The highest BCUT2D eigenvalue weighted by Gasteiger charge is 2.15. The zero-order chi connectivity index (χ0) is 10.6. The predicted molar refractivity (Wildman–Crippen MR) is 69.9 cm³/mol. The Balaban J connectivity index is 2.74. The molecule has 0 saturated heterocycles. The highest BCUT2D eigenvalue weighted by atomic mass is 79.9. The van der Waals surface area contributed by atoms with E-state index in [4.69, 9.17) is 0 Å². The van der Waals surface area contributed by atoms with Gasteiger partial charge >= 0.3 is 0 Å². The van der Waals surface area contributed by atoms with Gasteiger partial charge in [0.15, 0.2) is 0 Å². The molecule has 0 radical (unpaired) electrons. The van der Waals surface area contributed by atoms with Gasteiger partial charge in [-0.3, -0.25) is 0 Å². The number of benzene rings is 1. The Morgan fingerprint density at radius 3 is 2.29 bits per heavy atom. The summed E-state index contributed by atoms with van der Waals surface area (Å²) in [6.07, 6.45) is 3.23. The molecule has 0 bridgehead atoms. The summed E-state index contributed by atoms with van der Waals surface area (Å²) in [6, 6.07) is 10.5. The quantitative estimate of drug-likeness (QED) is 0.745. The fraction of sp³-hybridized carbons (Fsp3) is 0.333. The molecule has 0 heterocycles. The molecule has 0 aromatic heterocycles. The molecule has 0 aliphatic rings. The molecule has 0 saturated carbocycles. The molecule has 0 aliphatic heterocycles. The summed E-state index contributed by atoms with van der Waals surface area (Å²) in [7, 11) is 0. The van der Waals surface area contributed by atoms with E-state index >= 15 is 0 Å². The number of halogens is 2. The van der Waals surface area contributed by atoms with Crippen LogP contribution >= 0.6 is 31.9 Å². The lowest BCUT2D eigenvalue weighted by Gasteiger charge is -2.20. The minimum absolute atomic E-state index is 0.170. The average Bonchev–Trinajstić information content (AvgIpc) is 2.02. The van der Waals surface area contributed by atoms with Crippen LogP contribution in [0.4, 0.5) is 0 Å². The minimum Gasteiger partial charge on any atom is -0.0622 e. The molecular formula is C12H14Br2. The lowest BCUT2D eigenvalue weighted by atomic mass is 9.86. The third-order valence-corrected chi connectivity index (χ3v) is 2.46. The van der Waals surface area contributed by atoms with Gasteiger partial charge < -0.3 is 0 Å². The summed E-state index contributed by atoms with van der Waals surface area (Å²) < 4.78 is 1.02. The Labute approximate surface area is 103 Å². The minimum atomic E-state index is 0.170. The fourth-order valence-electron chi connectivity index (χ4n) is 1.47. The fourth-order valence-corrected chi connectivity index (χ4v) is 2.71. The third-order valence-electron chi connectivity index (χ3n) is 2.00. The van der Waals surface area contributed by atoms with E-state index < -0.39 is 0 Å². The molecule has 0 spiro atoms. The summed E-state index contributed by atoms with van der Waals surface area (Å²) in [5, 5.41) is 0. The van der Waals surface area contributed by atoms with Crippen LogP contribution in [0.2, 0.25) is 0 Å². The van der Waals surface area contributed by atoms with Crippen molar-refractivity contribution in [1.82, 2.24) is 0 Å². The van der Waals surface area contributed by atoms with Crippen molar-refractivity contribution in [3.8, 4) is 0 Å². The van der Waals surface area contributed by atoms with Gasteiger partial charge in [0, 0.05) is 0 Å². The Hall–Kier alpha value is -0.0800. The van der Waals surface area contributed by atoms with Gasteiger partial charge in [0.25, 0.3) is 0 Å². The maximum absolute atomic E-state index is 3.40.